The first-order chi connectivity index (χ1) is 11.8. The van der Waals surface area contributed by atoms with Crippen molar-refractivity contribution in [2.24, 2.45) is 0 Å². The fourth-order valence-electron chi connectivity index (χ4n) is 2.60. The summed E-state index contributed by atoms with van der Waals surface area (Å²) in [6, 6.07) is 4.56. The summed E-state index contributed by atoms with van der Waals surface area (Å²) in [5.41, 5.74) is 1.53. The molecule has 0 unspecified atom stereocenters. The van der Waals surface area contributed by atoms with Gasteiger partial charge < -0.3 is 0 Å². The maximum atomic E-state index is 14.3. The number of halogens is 3. The smallest absolute Gasteiger partial charge is 0.267 e. The van der Waals surface area contributed by atoms with Crippen molar-refractivity contribution in [2.75, 3.05) is 0 Å². The van der Waals surface area contributed by atoms with E-state index >= 15 is 0 Å². The van der Waals surface area contributed by atoms with Crippen LogP contribution in [0.5, 0.6) is 0 Å². The quantitative estimate of drug-likeness (QED) is 0.718. The van der Waals surface area contributed by atoms with Crippen LogP contribution in [-0.2, 0) is 0 Å². The third kappa shape index (κ3) is 2.93. The number of nitrogens with zero attached hydrogens (tertiary/aromatic N) is 2. The second kappa shape index (κ2) is 6.16. The van der Waals surface area contributed by atoms with E-state index in [2.05, 4.69) is 15.2 Å². The summed E-state index contributed by atoms with van der Waals surface area (Å²) >= 11 is 0. The Balaban J connectivity index is 2.39. The summed E-state index contributed by atoms with van der Waals surface area (Å²) in [6.45, 7) is 5.29. The molecule has 7 heteroatoms. The fourth-order valence-corrected chi connectivity index (χ4v) is 2.60. The lowest BCUT2D eigenvalue weighted by Crippen LogP contribution is -2.15. The average molecular weight is 345 g/mol. The van der Waals surface area contributed by atoms with Gasteiger partial charge in [0.2, 0.25) is 0 Å². The molecule has 0 fully saturated rings. The van der Waals surface area contributed by atoms with E-state index in [1.165, 1.54) is 0 Å². The standard InChI is InChI=1S/C18H14F3N3O/c1-8-4-5-15(22-9(8)2)16-10(3)23-24-18(25)17(16)11-6-13(20)14(21)7-12(11)19/h4-7H,1-3H3,(H,24,25). The number of pyridine rings is 1. The zero-order valence-corrected chi connectivity index (χ0v) is 13.7. The van der Waals surface area contributed by atoms with E-state index < -0.39 is 23.0 Å². The van der Waals surface area contributed by atoms with Crippen molar-refractivity contribution in [3.8, 4) is 22.4 Å². The second-order valence-electron chi connectivity index (χ2n) is 5.73. The molecule has 0 aliphatic carbocycles. The molecule has 0 spiro atoms. The van der Waals surface area contributed by atoms with Crippen molar-refractivity contribution < 1.29 is 13.2 Å². The Labute approximate surface area is 141 Å². The molecule has 2 heterocycles. The van der Waals surface area contributed by atoms with E-state index in [-0.39, 0.29) is 16.7 Å². The van der Waals surface area contributed by atoms with E-state index in [1.54, 1.807) is 19.9 Å². The lowest BCUT2D eigenvalue weighted by Gasteiger charge is -2.13. The van der Waals surface area contributed by atoms with E-state index in [0.29, 0.717) is 23.5 Å². The first kappa shape index (κ1) is 16.9. The SMILES string of the molecule is Cc1ccc(-c2c(C)n[nH]c(=O)c2-c2cc(F)c(F)cc2F)nc1C. The van der Waals surface area contributed by atoms with Crippen molar-refractivity contribution in [2.45, 2.75) is 20.8 Å². The Bertz CT molecular complexity index is 1040. The van der Waals surface area contributed by atoms with E-state index in [0.717, 1.165) is 11.3 Å². The number of hydrogen-bond acceptors (Lipinski definition) is 3. The molecule has 128 valence electrons. The predicted octanol–water partition coefficient (Wildman–Crippen LogP) is 3.84. The van der Waals surface area contributed by atoms with Gasteiger partial charge in [0.25, 0.3) is 5.56 Å². The highest BCUT2D eigenvalue weighted by Crippen LogP contribution is 2.32. The zero-order chi connectivity index (χ0) is 18.3. The van der Waals surface area contributed by atoms with Gasteiger partial charge in [0, 0.05) is 22.9 Å². The van der Waals surface area contributed by atoms with E-state index in [4.69, 9.17) is 0 Å². The van der Waals surface area contributed by atoms with Crippen LogP contribution in [0.25, 0.3) is 22.4 Å². The molecule has 0 amide bonds. The van der Waals surface area contributed by atoms with Crippen LogP contribution in [0.1, 0.15) is 17.0 Å². The maximum absolute atomic E-state index is 14.3. The molecule has 0 atom stereocenters. The van der Waals surface area contributed by atoms with E-state index in [1.807, 2.05) is 13.0 Å². The maximum Gasteiger partial charge on any atom is 0.272 e. The summed E-state index contributed by atoms with van der Waals surface area (Å²) in [5.74, 6) is -3.61. The number of aromatic nitrogens is 3. The van der Waals surface area contributed by atoms with Crippen molar-refractivity contribution in [1.82, 2.24) is 15.2 Å². The van der Waals surface area contributed by atoms with Crippen LogP contribution in [-0.4, -0.2) is 15.2 Å². The predicted molar refractivity (Wildman–Crippen MR) is 87.6 cm³/mol. The lowest BCUT2D eigenvalue weighted by atomic mass is 9.96. The van der Waals surface area contributed by atoms with Crippen LogP contribution in [0.2, 0.25) is 0 Å². The van der Waals surface area contributed by atoms with E-state index in [9.17, 15) is 18.0 Å². The summed E-state index contributed by atoms with van der Waals surface area (Å²) in [6.07, 6.45) is 0. The molecule has 2 aromatic heterocycles. The summed E-state index contributed by atoms with van der Waals surface area (Å²) in [4.78, 5) is 16.8. The van der Waals surface area contributed by atoms with Gasteiger partial charge in [-0.15, -0.1) is 0 Å². The fraction of sp³-hybridized carbons (Fsp3) is 0.167. The van der Waals surface area contributed by atoms with Crippen molar-refractivity contribution in [3.05, 3.63) is 69.0 Å². The molecule has 0 aliphatic heterocycles. The number of H-pyrrole nitrogens is 1. The average Bonchev–Trinajstić information content (AvgIpc) is 2.56. The first-order valence-corrected chi connectivity index (χ1v) is 7.48. The molecule has 3 rings (SSSR count). The zero-order valence-electron chi connectivity index (χ0n) is 13.7. The molecule has 0 bridgehead atoms. The molecular weight excluding hydrogens is 331 g/mol. The highest BCUT2D eigenvalue weighted by molar-refractivity contribution is 5.82. The largest absolute Gasteiger partial charge is 0.272 e. The van der Waals surface area contributed by atoms with Gasteiger partial charge in [0.05, 0.1) is 17.0 Å². The number of benzene rings is 1. The molecule has 0 saturated heterocycles. The molecule has 0 aliphatic rings. The van der Waals surface area contributed by atoms with Crippen LogP contribution in [0, 0.1) is 38.2 Å². The van der Waals surface area contributed by atoms with Crippen LogP contribution >= 0.6 is 0 Å². The number of rotatable bonds is 2. The molecular formula is C18H14F3N3O. The highest BCUT2D eigenvalue weighted by Gasteiger charge is 2.21. The minimum atomic E-state index is -1.32. The van der Waals surface area contributed by atoms with Gasteiger partial charge in [-0.25, -0.2) is 18.3 Å². The third-order valence-electron chi connectivity index (χ3n) is 4.05. The number of aromatic amines is 1. The molecule has 3 aromatic rings. The van der Waals surface area contributed by atoms with Crippen LogP contribution < -0.4 is 5.56 Å². The van der Waals surface area contributed by atoms with Gasteiger partial charge in [-0.05, 0) is 38.5 Å². The minimum absolute atomic E-state index is 0.139. The number of nitrogens with one attached hydrogen (secondary N) is 1. The summed E-state index contributed by atoms with van der Waals surface area (Å²) < 4.78 is 41.2. The Hall–Kier alpha value is -2.96. The Morgan fingerprint density at radius 2 is 1.56 bits per heavy atom. The van der Waals surface area contributed by atoms with Gasteiger partial charge in [-0.1, -0.05) is 6.07 Å². The number of aryl methyl sites for hydroxylation is 3. The summed E-state index contributed by atoms with van der Waals surface area (Å²) in [7, 11) is 0. The molecule has 25 heavy (non-hydrogen) atoms. The van der Waals surface area contributed by atoms with Gasteiger partial charge in [-0.3, -0.25) is 9.78 Å². The van der Waals surface area contributed by atoms with Crippen molar-refractivity contribution in [1.29, 1.82) is 0 Å². The molecule has 0 radical (unpaired) electrons. The third-order valence-corrected chi connectivity index (χ3v) is 4.05. The minimum Gasteiger partial charge on any atom is -0.267 e. The lowest BCUT2D eigenvalue weighted by molar-refractivity contribution is 0.496. The summed E-state index contributed by atoms with van der Waals surface area (Å²) in [5, 5.41) is 6.14. The van der Waals surface area contributed by atoms with Crippen LogP contribution in [0.4, 0.5) is 13.2 Å². The van der Waals surface area contributed by atoms with Gasteiger partial charge in [0.15, 0.2) is 11.6 Å². The van der Waals surface area contributed by atoms with Gasteiger partial charge >= 0.3 is 0 Å². The molecule has 1 aromatic carbocycles. The first-order valence-electron chi connectivity index (χ1n) is 7.48. The molecule has 4 nitrogen and oxygen atoms in total. The monoisotopic (exact) mass is 345 g/mol. The van der Waals surface area contributed by atoms with Gasteiger partial charge in [0.1, 0.15) is 5.82 Å². The van der Waals surface area contributed by atoms with Crippen molar-refractivity contribution >= 4 is 0 Å². The molecule has 1 N–H and O–H groups in total. The Morgan fingerprint density at radius 3 is 2.24 bits per heavy atom. The van der Waals surface area contributed by atoms with Crippen LogP contribution in [0.3, 0.4) is 0 Å². The van der Waals surface area contributed by atoms with Crippen molar-refractivity contribution in [3.63, 3.8) is 0 Å². The Kier molecular flexibility index (Phi) is 4.16. The Morgan fingerprint density at radius 1 is 0.880 bits per heavy atom. The van der Waals surface area contributed by atoms with Crippen LogP contribution in [0.15, 0.2) is 29.1 Å². The topological polar surface area (TPSA) is 58.6 Å². The molecule has 0 saturated carbocycles. The highest BCUT2D eigenvalue weighted by atomic mass is 19.2. The second-order valence-corrected chi connectivity index (χ2v) is 5.73. The van der Waals surface area contributed by atoms with Gasteiger partial charge in [-0.2, -0.15) is 5.10 Å². The number of hydrogen-bond donors (Lipinski definition) is 1. The normalized spacial score (nSPS) is 11.0.